The molecule has 0 saturated heterocycles. The SMILES string of the molecule is N[C@@H](Cc1cc(I)c(Oc2ccc(O)c(Cl)c2)c(I)c1)C(=O)O. The summed E-state index contributed by atoms with van der Waals surface area (Å²) in [7, 11) is 0. The molecule has 1 atom stereocenters. The van der Waals surface area contributed by atoms with Crippen LogP contribution in [0.5, 0.6) is 17.2 Å². The normalized spacial score (nSPS) is 12.0. The molecule has 0 heterocycles. The molecule has 0 fully saturated rings. The third-order valence-corrected chi connectivity index (χ3v) is 4.88. The van der Waals surface area contributed by atoms with Crippen molar-refractivity contribution in [3.8, 4) is 17.2 Å². The molecule has 4 N–H and O–H groups in total. The average Bonchev–Trinajstić information content (AvgIpc) is 2.46. The summed E-state index contributed by atoms with van der Waals surface area (Å²) in [5, 5.41) is 18.5. The molecule has 0 spiro atoms. The molecule has 122 valence electrons. The molecule has 8 heteroatoms. The number of aromatic hydroxyl groups is 1. The first-order chi connectivity index (χ1) is 10.8. The van der Waals surface area contributed by atoms with E-state index < -0.39 is 12.0 Å². The number of halogens is 3. The topological polar surface area (TPSA) is 92.8 Å². The summed E-state index contributed by atoms with van der Waals surface area (Å²) in [5.74, 6) is 0.0923. The van der Waals surface area contributed by atoms with Gasteiger partial charge in [-0.15, -0.1) is 0 Å². The lowest BCUT2D eigenvalue weighted by atomic mass is 10.1. The van der Waals surface area contributed by atoms with Crippen molar-refractivity contribution in [2.75, 3.05) is 0 Å². The molecule has 0 unspecified atom stereocenters. The summed E-state index contributed by atoms with van der Waals surface area (Å²) in [6, 6.07) is 7.33. The Bertz CT molecular complexity index is 731. The lowest BCUT2D eigenvalue weighted by Crippen LogP contribution is -2.32. The van der Waals surface area contributed by atoms with Gasteiger partial charge in [-0.2, -0.15) is 0 Å². The fraction of sp³-hybridized carbons (Fsp3) is 0.133. The number of carboxylic acid groups (broad SMARTS) is 1. The molecule has 0 aliphatic heterocycles. The number of carbonyl (C=O) groups is 1. The Hall–Kier alpha value is -0.780. The number of phenolic OH excluding ortho intramolecular Hbond substituents is 1. The third-order valence-electron chi connectivity index (χ3n) is 2.97. The summed E-state index contributed by atoms with van der Waals surface area (Å²) in [6.07, 6.45) is 0.243. The van der Waals surface area contributed by atoms with E-state index in [9.17, 15) is 9.90 Å². The minimum Gasteiger partial charge on any atom is -0.506 e. The fourth-order valence-electron chi connectivity index (χ4n) is 1.84. The number of phenols is 1. The Balaban J connectivity index is 2.26. The summed E-state index contributed by atoms with van der Waals surface area (Å²) >= 11 is 10.1. The van der Waals surface area contributed by atoms with Gasteiger partial charge < -0.3 is 20.7 Å². The van der Waals surface area contributed by atoms with Crippen LogP contribution < -0.4 is 10.5 Å². The minimum atomic E-state index is -1.03. The Kier molecular flexibility index (Phi) is 6.34. The maximum Gasteiger partial charge on any atom is 0.320 e. The Labute approximate surface area is 165 Å². The van der Waals surface area contributed by atoms with Gasteiger partial charge in [-0.25, -0.2) is 0 Å². The molecule has 0 saturated carbocycles. The van der Waals surface area contributed by atoms with Gasteiger partial charge in [0.15, 0.2) is 5.75 Å². The van der Waals surface area contributed by atoms with Gasteiger partial charge in [0.2, 0.25) is 0 Å². The van der Waals surface area contributed by atoms with E-state index in [1.54, 1.807) is 6.07 Å². The van der Waals surface area contributed by atoms with E-state index in [0.717, 1.165) is 12.7 Å². The second kappa shape index (κ2) is 7.86. The van der Waals surface area contributed by atoms with Crippen LogP contribution in [0.2, 0.25) is 5.02 Å². The quantitative estimate of drug-likeness (QED) is 0.482. The van der Waals surface area contributed by atoms with Gasteiger partial charge in [-0.3, -0.25) is 4.79 Å². The van der Waals surface area contributed by atoms with E-state index in [1.165, 1.54) is 12.1 Å². The number of hydrogen-bond acceptors (Lipinski definition) is 4. The molecule has 0 aliphatic rings. The van der Waals surface area contributed by atoms with E-state index >= 15 is 0 Å². The van der Waals surface area contributed by atoms with Crippen LogP contribution in [0.25, 0.3) is 0 Å². The molecule has 2 aromatic rings. The first kappa shape index (κ1) is 18.6. The van der Waals surface area contributed by atoms with Gasteiger partial charge in [0.1, 0.15) is 17.5 Å². The summed E-state index contributed by atoms with van der Waals surface area (Å²) in [4.78, 5) is 10.9. The van der Waals surface area contributed by atoms with E-state index in [1.807, 2.05) is 12.1 Å². The van der Waals surface area contributed by atoms with E-state index in [2.05, 4.69) is 45.2 Å². The molecular weight excluding hydrogens is 547 g/mol. The number of aliphatic carboxylic acids is 1. The molecule has 2 aromatic carbocycles. The molecule has 5 nitrogen and oxygen atoms in total. The minimum absolute atomic E-state index is 0.0126. The van der Waals surface area contributed by atoms with Crippen LogP contribution in [-0.2, 0) is 11.2 Å². The molecule has 0 aliphatic carbocycles. The fourth-order valence-corrected chi connectivity index (χ4v) is 4.13. The van der Waals surface area contributed by atoms with Gasteiger partial charge in [-0.05, 0) is 81.4 Å². The lowest BCUT2D eigenvalue weighted by Gasteiger charge is -2.13. The van der Waals surface area contributed by atoms with Gasteiger partial charge in [0.25, 0.3) is 0 Å². The van der Waals surface area contributed by atoms with Gasteiger partial charge in [0.05, 0.1) is 12.2 Å². The average molecular weight is 560 g/mol. The van der Waals surface area contributed by atoms with Crippen LogP contribution >= 0.6 is 56.8 Å². The number of ether oxygens (including phenoxy) is 1. The molecule has 23 heavy (non-hydrogen) atoms. The monoisotopic (exact) mass is 559 g/mol. The molecule has 0 radical (unpaired) electrons. The molecule has 2 rings (SSSR count). The van der Waals surface area contributed by atoms with Crippen LogP contribution in [0, 0.1) is 7.14 Å². The highest BCUT2D eigenvalue weighted by molar-refractivity contribution is 14.1. The Morgan fingerprint density at radius 1 is 1.26 bits per heavy atom. The van der Waals surface area contributed by atoms with Crippen molar-refractivity contribution in [2.45, 2.75) is 12.5 Å². The zero-order valence-corrected chi connectivity index (χ0v) is 16.7. The van der Waals surface area contributed by atoms with Crippen molar-refractivity contribution >= 4 is 62.8 Å². The van der Waals surface area contributed by atoms with Crippen LogP contribution in [0.3, 0.4) is 0 Å². The third kappa shape index (κ3) is 4.85. The van der Waals surface area contributed by atoms with Crippen molar-refractivity contribution in [1.29, 1.82) is 0 Å². The highest BCUT2D eigenvalue weighted by Gasteiger charge is 2.16. The summed E-state index contributed by atoms with van der Waals surface area (Å²) in [5.41, 5.74) is 6.39. The zero-order valence-electron chi connectivity index (χ0n) is 11.6. The van der Waals surface area contributed by atoms with Crippen LogP contribution in [0.1, 0.15) is 5.56 Å². The van der Waals surface area contributed by atoms with E-state index in [-0.39, 0.29) is 17.2 Å². The van der Waals surface area contributed by atoms with Crippen molar-refractivity contribution in [3.05, 3.63) is 48.1 Å². The standard InChI is InChI=1S/C15H12ClI2NO4/c16-9-6-8(1-2-13(9)20)23-14-10(17)3-7(4-11(14)18)5-12(19)15(21)22/h1-4,6,12,20H,5,19H2,(H,21,22)/t12-/m0/s1. The predicted octanol–water partition coefficient (Wildman–Crippen LogP) is 4.00. The van der Waals surface area contributed by atoms with Gasteiger partial charge in [-0.1, -0.05) is 11.6 Å². The molecular formula is C15H12ClI2NO4. The van der Waals surface area contributed by atoms with Gasteiger partial charge >= 0.3 is 5.97 Å². The maximum absolute atomic E-state index is 10.9. The molecule has 0 bridgehead atoms. The smallest absolute Gasteiger partial charge is 0.320 e. The van der Waals surface area contributed by atoms with Crippen molar-refractivity contribution in [2.24, 2.45) is 5.73 Å². The number of nitrogens with two attached hydrogens (primary N) is 1. The summed E-state index contributed by atoms with van der Waals surface area (Å²) < 4.78 is 7.48. The largest absolute Gasteiger partial charge is 0.506 e. The van der Waals surface area contributed by atoms with Crippen molar-refractivity contribution in [3.63, 3.8) is 0 Å². The highest BCUT2D eigenvalue weighted by Crippen LogP contribution is 2.35. The second-order valence-electron chi connectivity index (χ2n) is 4.75. The number of carboxylic acids is 1. The molecule has 0 aromatic heterocycles. The van der Waals surface area contributed by atoms with Crippen molar-refractivity contribution < 1.29 is 19.7 Å². The van der Waals surface area contributed by atoms with Crippen LogP contribution in [-0.4, -0.2) is 22.2 Å². The zero-order chi connectivity index (χ0) is 17.1. The maximum atomic E-state index is 10.9. The number of hydrogen-bond donors (Lipinski definition) is 3. The van der Waals surface area contributed by atoms with Crippen LogP contribution in [0.4, 0.5) is 0 Å². The highest BCUT2D eigenvalue weighted by atomic mass is 127. The number of benzene rings is 2. The van der Waals surface area contributed by atoms with Crippen LogP contribution in [0.15, 0.2) is 30.3 Å². The summed E-state index contributed by atoms with van der Waals surface area (Å²) in [6.45, 7) is 0. The molecule has 0 amide bonds. The Morgan fingerprint density at radius 3 is 2.39 bits per heavy atom. The van der Waals surface area contributed by atoms with E-state index in [0.29, 0.717) is 11.5 Å². The van der Waals surface area contributed by atoms with E-state index in [4.69, 9.17) is 27.2 Å². The first-order valence-electron chi connectivity index (χ1n) is 6.40. The van der Waals surface area contributed by atoms with Crippen molar-refractivity contribution in [1.82, 2.24) is 0 Å². The Morgan fingerprint density at radius 2 is 1.87 bits per heavy atom. The predicted molar refractivity (Wildman–Crippen MR) is 104 cm³/mol. The first-order valence-corrected chi connectivity index (χ1v) is 8.94. The number of rotatable bonds is 5. The van der Waals surface area contributed by atoms with Gasteiger partial charge in [0, 0.05) is 6.07 Å². The lowest BCUT2D eigenvalue weighted by molar-refractivity contribution is -0.138. The second-order valence-corrected chi connectivity index (χ2v) is 7.48.